The van der Waals surface area contributed by atoms with Gasteiger partial charge >= 0.3 is 0 Å². The average molecular weight is 430 g/mol. The number of aliphatic imine (C=N–C) groups is 1. The molecule has 0 aliphatic carbocycles. The van der Waals surface area contributed by atoms with Crippen molar-refractivity contribution in [3.05, 3.63) is 42.0 Å². The van der Waals surface area contributed by atoms with Crippen molar-refractivity contribution in [2.24, 2.45) is 10.7 Å². The van der Waals surface area contributed by atoms with Crippen molar-refractivity contribution in [2.75, 3.05) is 42.6 Å². The van der Waals surface area contributed by atoms with E-state index in [0.29, 0.717) is 12.5 Å². The van der Waals surface area contributed by atoms with E-state index in [4.69, 9.17) is 5.73 Å². The van der Waals surface area contributed by atoms with Gasteiger partial charge < -0.3 is 15.5 Å². The topological polar surface area (TPSA) is 44.9 Å². The fourth-order valence-electron chi connectivity index (χ4n) is 2.61. The van der Waals surface area contributed by atoms with Crippen LogP contribution < -0.4 is 10.6 Å². The van der Waals surface area contributed by atoms with E-state index in [2.05, 4.69) is 51.2 Å². The summed E-state index contributed by atoms with van der Waals surface area (Å²) in [5.74, 6) is 2.98. The van der Waals surface area contributed by atoms with Gasteiger partial charge in [-0.05, 0) is 17.7 Å². The van der Waals surface area contributed by atoms with Crippen LogP contribution in [0.25, 0.3) is 0 Å². The average Bonchev–Trinajstić information content (AvgIpc) is 3.08. The molecule has 0 aromatic heterocycles. The summed E-state index contributed by atoms with van der Waals surface area (Å²) in [4.78, 5) is 9.09. The van der Waals surface area contributed by atoms with Crippen LogP contribution in [0.1, 0.15) is 5.56 Å². The van der Waals surface area contributed by atoms with E-state index in [0.717, 1.165) is 37.7 Å². The van der Waals surface area contributed by atoms with Gasteiger partial charge in [-0.1, -0.05) is 24.3 Å². The molecule has 0 saturated carbocycles. The number of halogens is 1. The maximum absolute atomic E-state index is 6.10. The van der Waals surface area contributed by atoms with E-state index < -0.39 is 0 Å². The third kappa shape index (κ3) is 4.55. The smallest absolute Gasteiger partial charge is 0.191 e. The van der Waals surface area contributed by atoms with Crippen LogP contribution in [0.2, 0.25) is 0 Å². The summed E-state index contributed by atoms with van der Waals surface area (Å²) in [6.07, 6.45) is 4.41. The Morgan fingerprint density at radius 2 is 1.91 bits per heavy atom. The van der Waals surface area contributed by atoms with Gasteiger partial charge in [0, 0.05) is 43.4 Å². The van der Waals surface area contributed by atoms with E-state index in [1.54, 1.807) is 0 Å². The second-order valence-electron chi connectivity index (χ2n) is 5.32. The summed E-state index contributed by atoms with van der Waals surface area (Å²) in [5.41, 5.74) is 8.58. The summed E-state index contributed by atoms with van der Waals surface area (Å²) in [6, 6.07) is 8.60. The third-order valence-electron chi connectivity index (χ3n) is 3.85. The highest BCUT2D eigenvalue weighted by Crippen LogP contribution is 2.19. The van der Waals surface area contributed by atoms with Crippen LogP contribution in [0.5, 0.6) is 0 Å². The fraction of sp³-hybridized carbons (Fsp3) is 0.438. The predicted octanol–water partition coefficient (Wildman–Crippen LogP) is 2.54. The van der Waals surface area contributed by atoms with Gasteiger partial charge in [0.25, 0.3) is 0 Å². The van der Waals surface area contributed by atoms with Crippen molar-refractivity contribution in [2.45, 2.75) is 6.54 Å². The normalized spacial score (nSPS) is 18.5. The van der Waals surface area contributed by atoms with E-state index in [-0.39, 0.29) is 24.0 Å². The van der Waals surface area contributed by atoms with Crippen LogP contribution in [-0.4, -0.2) is 48.5 Å². The molecular formula is C16H23IN4S. The van der Waals surface area contributed by atoms with Crippen LogP contribution in [0, 0.1) is 0 Å². The Balaban J connectivity index is 0.00000176. The zero-order valence-corrected chi connectivity index (χ0v) is 15.8. The summed E-state index contributed by atoms with van der Waals surface area (Å²) in [7, 11) is 0. The molecule has 3 rings (SSSR count). The Labute approximate surface area is 153 Å². The molecular weight excluding hydrogens is 407 g/mol. The van der Waals surface area contributed by atoms with E-state index in [9.17, 15) is 0 Å². The number of hydrogen-bond donors (Lipinski definition) is 1. The van der Waals surface area contributed by atoms with Crippen molar-refractivity contribution in [3.8, 4) is 0 Å². The second kappa shape index (κ2) is 8.67. The first-order valence-electron chi connectivity index (χ1n) is 7.44. The van der Waals surface area contributed by atoms with Gasteiger partial charge in [0.1, 0.15) is 0 Å². The fourth-order valence-corrected chi connectivity index (χ4v) is 3.51. The molecule has 1 saturated heterocycles. The Morgan fingerprint density at radius 3 is 2.64 bits per heavy atom. The minimum atomic E-state index is 0. The molecule has 1 aromatic rings. The summed E-state index contributed by atoms with van der Waals surface area (Å²) >= 11 is 1.98. The molecule has 0 atom stereocenters. The molecule has 0 radical (unpaired) electrons. The number of rotatable bonds is 3. The largest absolute Gasteiger partial charge is 0.370 e. The predicted molar refractivity (Wildman–Crippen MR) is 107 cm³/mol. The zero-order chi connectivity index (χ0) is 14.5. The molecule has 120 valence electrons. The van der Waals surface area contributed by atoms with Crippen LogP contribution >= 0.6 is 35.7 Å². The number of nitrogens with zero attached hydrogens (tertiary/aromatic N) is 3. The lowest BCUT2D eigenvalue weighted by atomic mass is 10.2. The van der Waals surface area contributed by atoms with Crippen molar-refractivity contribution in [3.63, 3.8) is 0 Å². The lowest BCUT2D eigenvalue weighted by molar-refractivity contribution is 0.455. The quantitative estimate of drug-likeness (QED) is 0.347. The summed E-state index contributed by atoms with van der Waals surface area (Å²) in [5, 5.41) is 0. The highest BCUT2D eigenvalue weighted by molar-refractivity contribution is 14.0. The number of thioether (sulfide) groups is 1. The zero-order valence-electron chi connectivity index (χ0n) is 12.6. The number of benzene rings is 1. The molecule has 6 heteroatoms. The Bertz CT molecular complexity index is 533. The van der Waals surface area contributed by atoms with E-state index in [1.807, 2.05) is 11.8 Å². The molecule has 4 nitrogen and oxygen atoms in total. The van der Waals surface area contributed by atoms with Gasteiger partial charge in [0.2, 0.25) is 0 Å². The molecule has 1 fully saturated rings. The first kappa shape index (κ1) is 17.5. The molecule has 0 bridgehead atoms. The summed E-state index contributed by atoms with van der Waals surface area (Å²) in [6.45, 7) is 4.68. The number of hydrogen-bond acceptors (Lipinski definition) is 3. The number of guanidine groups is 1. The van der Waals surface area contributed by atoms with Crippen LogP contribution in [-0.2, 0) is 6.54 Å². The number of nitrogens with two attached hydrogens (primary N) is 1. The molecule has 2 heterocycles. The molecule has 2 N–H and O–H groups in total. The lowest BCUT2D eigenvalue weighted by Crippen LogP contribution is -2.42. The highest BCUT2D eigenvalue weighted by atomic mass is 127. The van der Waals surface area contributed by atoms with Crippen LogP contribution in [0.3, 0.4) is 0 Å². The molecule has 0 spiro atoms. The van der Waals surface area contributed by atoms with Crippen molar-refractivity contribution in [1.82, 2.24) is 4.90 Å². The van der Waals surface area contributed by atoms with Crippen molar-refractivity contribution >= 4 is 47.4 Å². The Hall–Kier alpha value is -0.890. The van der Waals surface area contributed by atoms with Gasteiger partial charge in [-0.3, -0.25) is 0 Å². The third-order valence-corrected chi connectivity index (χ3v) is 4.80. The van der Waals surface area contributed by atoms with E-state index in [1.165, 1.54) is 11.3 Å². The lowest BCUT2D eigenvalue weighted by Gasteiger charge is -2.27. The SMILES string of the molecule is I.NC(=NCc1cccc(N2CC=CC2)c1)N1CCSCC1. The second-order valence-corrected chi connectivity index (χ2v) is 6.54. The van der Waals surface area contributed by atoms with Crippen LogP contribution in [0.4, 0.5) is 5.69 Å². The standard InChI is InChI=1S/C16H22N4S.HI/c17-16(20-8-10-21-11-9-20)18-13-14-4-3-5-15(12-14)19-6-1-2-7-19;/h1-5,12H,6-11,13H2,(H2,17,18);1H. The first-order valence-corrected chi connectivity index (χ1v) is 8.60. The van der Waals surface area contributed by atoms with Gasteiger partial charge in [-0.2, -0.15) is 11.8 Å². The molecule has 22 heavy (non-hydrogen) atoms. The van der Waals surface area contributed by atoms with Gasteiger partial charge in [-0.25, -0.2) is 4.99 Å². The molecule has 1 aromatic carbocycles. The monoisotopic (exact) mass is 430 g/mol. The maximum atomic E-state index is 6.10. The minimum absolute atomic E-state index is 0. The van der Waals surface area contributed by atoms with Crippen molar-refractivity contribution in [1.29, 1.82) is 0 Å². The van der Waals surface area contributed by atoms with Gasteiger partial charge in [0.05, 0.1) is 6.54 Å². The molecule has 2 aliphatic rings. The van der Waals surface area contributed by atoms with Crippen molar-refractivity contribution < 1.29 is 0 Å². The summed E-state index contributed by atoms with van der Waals surface area (Å²) < 4.78 is 0. The van der Waals surface area contributed by atoms with Gasteiger partial charge in [-0.15, -0.1) is 24.0 Å². The Kier molecular flexibility index (Phi) is 6.88. The molecule has 0 unspecified atom stereocenters. The minimum Gasteiger partial charge on any atom is -0.370 e. The van der Waals surface area contributed by atoms with Gasteiger partial charge in [0.15, 0.2) is 5.96 Å². The number of anilines is 1. The van der Waals surface area contributed by atoms with Crippen LogP contribution in [0.15, 0.2) is 41.4 Å². The Morgan fingerprint density at radius 1 is 1.18 bits per heavy atom. The first-order chi connectivity index (χ1) is 10.3. The maximum Gasteiger partial charge on any atom is 0.191 e. The molecule has 0 amide bonds. The molecule has 2 aliphatic heterocycles. The van der Waals surface area contributed by atoms with E-state index >= 15 is 0 Å². The highest BCUT2D eigenvalue weighted by Gasteiger charge is 2.12.